The van der Waals surface area contributed by atoms with Gasteiger partial charge in [0.05, 0.1) is 11.3 Å². The van der Waals surface area contributed by atoms with Crippen molar-refractivity contribution in [2.45, 2.75) is 24.1 Å². The molecule has 3 N–H and O–H groups in total. The molecule has 0 saturated carbocycles. The van der Waals surface area contributed by atoms with E-state index in [1.165, 1.54) is 12.1 Å². The zero-order chi connectivity index (χ0) is 22.3. The lowest BCUT2D eigenvalue weighted by Crippen LogP contribution is -2.26. The van der Waals surface area contributed by atoms with Crippen molar-refractivity contribution in [1.82, 2.24) is 15.5 Å². The Morgan fingerprint density at radius 1 is 0.968 bits per heavy atom. The van der Waals surface area contributed by atoms with E-state index >= 15 is 0 Å². The van der Waals surface area contributed by atoms with Crippen molar-refractivity contribution >= 4 is 44.0 Å². The maximum atomic E-state index is 12.8. The normalized spacial score (nSPS) is 11.0. The zero-order valence-corrected chi connectivity index (χ0v) is 18.3. The third-order valence-corrected chi connectivity index (χ3v) is 6.70. The highest BCUT2D eigenvalue weighted by atomic mass is 32.2. The lowest BCUT2D eigenvalue weighted by atomic mass is 10.1. The van der Waals surface area contributed by atoms with Gasteiger partial charge in [0.1, 0.15) is 0 Å². The summed E-state index contributed by atoms with van der Waals surface area (Å²) >= 11 is 0.708. The van der Waals surface area contributed by atoms with Gasteiger partial charge in [-0.2, -0.15) is 8.42 Å². The van der Waals surface area contributed by atoms with Crippen LogP contribution in [-0.2, 0) is 10.0 Å². The third-order valence-electron chi connectivity index (χ3n) is 4.12. The van der Waals surface area contributed by atoms with Gasteiger partial charge in [-0.3, -0.25) is 19.6 Å². The largest absolute Gasteiger partial charge is 0.352 e. The fourth-order valence-electron chi connectivity index (χ4n) is 2.56. The van der Waals surface area contributed by atoms with Crippen molar-refractivity contribution in [2.24, 2.45) is 0 Å². The molecule has 0 bridgehead atoms. The smallest absolute Gasteiger partial charge is 0.291 e. The van der Waals surface area contributed by atoms with Crippen LogP contribution < -0.4 is 15.4 Å². The summed E-state index contributed by atoms with van der Waals surface area (Å²) < 4.78 is 27.6. The van der Waals surface area contributed by atoms with Gasteiger partial charge in [-0.25, -0.2) is 0 Å². The summed E-state index contributed by atoms with van der Waals surface area (Å²) in [4.78, 5) is 24.6. The van der Waals surface area contributed by atoms with Crippen LogP contribution >= 0.6 is 11.3 Å². The van der Waals surface area contributed by atoms with E-state index in [9.17, 15) is 18.0 Å². The third kappa shape index (κ3) is 5.86. The summed E-state index contributed by atoms with van der Waals surface area (Å²) in [6.07, 6.45) is 1.75. The minimum absolute atomic E-state index is 0.0415. The van der Waals surface area contributed by atoms with Crippen LogP contribution in [0.3, 0.4) is 0 Å². The molecule has 31 heavy (non-hydrogen) atoms. The minimum Gasteiger partial charge on any atom is -0.352 e. The van der Waals surface area contributed by atoms with Gasteiger partial charge in [-0.05, 0) is 30.7 Å². The molecule has 0 unspecified atom stereocenters. The topological polar surface area (TPSA) is 130 Å². The molecule has 0 aliphatic carbocycles. The number of carbonyl (C=O) groups excluding carboxylic acids is 2. The Bertz CT molecular complexity index is 1160. The van der Waals surface area contributed by atoms with Crippen molar-refractivity contribution in [3.05, 3.63) is 65.7 Å². The van der Waals surface area contributed by atoms with Gasteiger partial charge in [0, 0.05) is 12.1 Å². The fourth-order valence-corrected chi connectivity index (χ4v) is 4.54. The standard InChI is InChI=1S/C20H21N5O4S2/c1-2-3-13-21-18(27)15-11-7-8-12-16(15)25-31(28,29)20-24-23-19(30-20)22-17(26)14-9-5-4-6-10-14/h4-12,25H,2-3,13H2,1H3,(H,21,27)(H,22,23,26). The van der Waals surface area contributed by atoms with Crippen molar-refractivity contribution in [1.29, 1.82) is 0 Å². The number of aromatic nitrogens is 2. The molecule has 1 aromatic heterocycles. The Hall–Kier alpha value is -3.31. The maximum absolute atomic E-state index is 12.8. The molecular formula is C20H21N5O4S2. The van der Waals surface area contributed by atoms with Crippen LogP contribution in [0.15, 0.2) is 58.9 Å². The van der Waals surface area contributed by atoms with Gasteiger partial charge in [0.15, 0.2) is 0 Å². The van der Waals surface area contributed by atoms with Crippen LogP contribution in [0.2, 0.25) is 0 Å². The average molecular weight is 460 g/mol. The van der Waals surface area contributed by atoms with E-state index in [2.05, 4.69) is 25.6 Å². The summed E-state index contributed by atoms with van der Waals surface area (Å²) in [5, 5.41) is 12.7. The number of sulfonamides is 1. The molecule has 11 heteroatoms. The highest BCUT2D eigenvalue weighted by molar-refractivity contribution is 7.94. The summed E-state index contributed by atoms with van der Waals surface area (Å²) in [5.41, 5.74) is 0.731. The highest BCUT2D eigenvalue weighted by Crippen LogP contribution is 2.24. The second-order valence-electron chi connectivity index (χ2n) is 6.45. The molecule has 0 aliphatic heterocycles. The van der Waals surface area contributed by atoms with E-state index in [-0.39, 0.29) is 26.6 Å². The Morgan fingerprint density at radius 3 is 2.42 bits per heavy atom. The van der Waals surface area contributed by atoms with Gasteiger partial charge in [0.2, 0.25) is 5.13 Å². The second-order valence-corrected chi connectivity index (χ2v) is 9.29. The van der Waals surface area contributed by atoms with Gasteiger partial charge in [-0.15, -0.1) is 10.2 Å². The van der Waals surface area contributed by atoms with Gasteiger partial charge in [0.25, 0.3) is 26.2 Å². The minimum atomic E-state index is -4.11. The van der Waals surface area contributed by atoms with E-state index in [4.69, 9.17) is 0 Å². The number of para-hydroxylation sites is 1. The first kappa shape index (κ1) is 22.4. The van der Waals surface area contributed by atoms with Crippen LogP contribution in [0, 0.1) is 0 Å². The molecule has 9 nitrogen and oxygen atoms in total. The van der Waals surface area contributed by atoms with Crippen LogP contribution in [0.5, 0.6) is 0 Å². The van der Waals surface area contributed by atoms with Crippen LogP contribution in [0.4, 0.5) is 10.8 Å². The molecule has 2 amide bonds. The maximum Gasteiger partial charge on any atom is 0.291 e. The Kier molecular flexibility index (Phi) is 7.32. The van der Waals surface area contributed by atoms with E-state index < -0.39 is 15.9 Å². The molecular weight excluding hydrogens is 438 g/mol. The van der Waals surface area contributed by atoms with Crippen molar-refractivity contribution < 1.29 is 18.0 Å². The van der Waals surface area contributed by atoms with Crippen molar-refractivity contribution in [3.63, 3.8) is 0 Å². The zero-order valence-electron chi connectivity index (χ0n) is 16.7. The molecule has 2 aromatic carbocycles. The summed E-state index contributed by atoms with van der Waals surface area (Å²) in [7, 11) is -4.11. The first-order valence-corrected chi connectivity index (χ1v) is 11.8. The fraction of sp³-hybridized carbons (Fsp3) is 0.200. The number of hydrogen-bond acceptors (Lipinski definition) is 7. The number of anilines is 2. The first-order chi connectivity index (χ1) is 14.9. The summed E-state index contributed by atoms with van der Waals surface area (Å²) in [5.74, 6) is -0.803. The number of unbranched alkanes of at least 4 members (excludes halogenated alkanes) is 1. The highest BCUT2D eigenvalue weighted by Gasteiger charge is 2.23. The van der Waals surface area contributed by atoms with Crippen LogP contribution in [0.1, 0.15) is 40.5 Å². The van der Waals surface area contributed by atoms with Gasteiger partial charge < -0.3 is 5.32 Å². The molecule has 0 radical (unpaired) electrons. The molecule has 162 valence electrons. The van der Waals surface area contributed by atoms with E-state index in [1.807, 2.05) is 6.92 Å². The molecule has 3 rings (SSSR count). The lowest BCUT2D eigenvalue weighted by molar-refractivity contribution is 0.0953. The Morgan fingerprint density at radius 2 is 1.68 bits per heavy atom. The number of benzene rings is 2. The predicted molar refractivity (Wildman–Crippen MR) is 119 cm³/mol. The van der Waals surface area contributed by atoms with E-state index in [0.29, 0.717) is 23.4 Å². The Labute approximate surface area is 184 Å². The molecule has 0 spiro atoms. The van der Waals surface area contributed by atoms with E-state index in [1.54, 1.807) is 42.5 Å². The van der Waals surface area contributed by atoms with Crippen LogP contribution in [0.25, 0.3) is 0 Å². The number of hydrogen-bond donors (Lipinski definition) is 3. The number of nitrogens with one attached hydrogen (secondary N) is 3. The first-order valence-electron chi connectivity index (χ1n) is 9.50. The number of nitrogens with zero attached hydrogens (tertiary/aromatic N) is 2. The summed E-state index contributed by atoms with van der Waals surface area (Å²) in [6, 6.07) is 14.7. The van der Waals surface area contributed by atoms with Gasteiger partial charge >= 0.3 is 0 Å². The molecule has 1 heterocycles. The number of rotatable bonds is 9. The SMILES string of the molecule is CCCCNC(=O)c1ccccc1NS(=O)(=O)c1nnc(NC(=O)c2ccccc2)s1. The molecule has 0 saturated heterocycles. The van der Waals surface area contributed by atoms with Crippen LogP contribution in [-0.4, -0.2) is 37.0 Å². The number of amides is 2. The molecule has 0 atom stereocenters. The van der Waals surface area contributed by atoms with Gasteiger partial charge in [-0.1, -0.05) is 55.0 Å². The lowest BCUT2D eigenvalue weighted by Gasteiger charge is -2.11. The molecule has 0 aliphatic rings. The summed E-state index contributed by atoms with van der Waals surface area (Å²) in [6.45, 7) is 2.50. The predicted octanol–water partition coefficient (Wildman–Crippen LogP) is 3.12. The molecule has 3 aromatic rings. The second kappa shape index (κ2) is 10.1. The van der Waals surface area contributed by atoms with E-state index in [0.717, 1.165) is 12.8 Å². The monoisotopic (exact) mass is 459 g/mol. The Balaban J connectivity index is 1.74. The van der Waals surface area contributed by atoms with Crippen molar-refractivity contribution in [3.8, 4) is 0 Å². The quantitative estimate of drug-likeness (QED) is 0.333. The van der Waals surface area contributed by atoms with Crippen molar-refractivity contribution in [2.75, 3.05) is 16.6 Å². The molecule has 0 fully saturated rings. The number of carbonyl (C=O) groups is 2. The average Bonchev–Trinajstić information content (AvgIpc) is 3.24.